The van der Waals surface area contributed by atoms with E-state index in [-0.39, 0.29) is 0 Å². The lowest BCUT2D eigenvalue weighted by molar-refractivity contribution is 0.459. The molecule has 6 nitrogen and oxygen atoms in total. The van der Waals surface area contributed by atoms with Gasteiger partial charge in [0.25, 0.3) is 0 Å². The number of imidazole rings is 1. The Morgan fingerprint density at radius 3 is 3.00 bits per heavy atom. The van der Waals surface area contributed by atoms with Crippen LogP contribution in [-0.2, 0) is 0 Å². The third kappa shape index (κ3) is 2.94. The number of rotatable bonds is 4. The first-order valence-electron chi connectivity index (χ1n) is 8.01. The van der Waals surface area contributed by atoms with Crippen LogP contribution in [0, 0.1) is 5.92 Å². The van der Waals surface area contributed by atoms with Crippen LogP contribution in [0.15, 0.2) is 6.33 Å². The molecule has 21 heavy (non-hydrogen) atoms. The molecule has 1 atom stereocenters. The van der Waals surface area contributed by atoms with Crippen LogP contribution in [0.25, 0.3) is 11.2 Å². The highest BCUT2D eigenvalue weighted by Gasteiger charge is 2.20. The number of hydrogen-bond acceptors (Lipinski definition) is 5. The van der Waals surface area contributed by atoms with E-state index >= 15 is 0 Å². The number of aromatic amines is 1. The zero-order valence-electron chi connectivity index (χ0n) is 12.9. The lowest BCUT2D eigenvalue weighted by Gasteiger charge is -2.22. The number of H-pyrrole nitrogens is 1. The van der Waals surface area contributed by atoms with Gasteiger partial charge in [0.2, 0.25) is 5.95 Å². The Morgan fingerprint density at radius 2 is 2.19 bits per heavy atom. The summed E-state index contributed by atoms with van der Waals surface area (Å²) in [6.45, 7) is 7.28. The van der Waals surface area contributed by atoms with Crippen LogP contribution in [0.5, 0.6) is 0 Å². The second-order valence-corrected chi connectivity index (χ2v) is 5.69. The van der Waals surface area contributed by atoms with Crippen LogP contribution in [0.4, 0.5) is 11.8 Å². The SMILES string of the molecule is CCNc1nc(N2CCCC(CC)CC2)c2[nH]cnc2n1. The number of nitrogens with one attached hydrogen (secondary N) is 2. The number of anilines is 2. The van der Waals surface area contributed by atoms with Crippen LogP contribution in [0.3, 0.4) is 0 Å². The molecule has 0 bridgehead atoms. The van der Waals surface area contributed by atoms with Crippen molar-refractivity contribution in [3.05, 3.63) is 6.33 Å². The summed E-state index contributed by atoms with van der Waals surface area (Å²) < 4.78 is 0. The standard InChI is InChI=1S/C15H24N6/c1-3-11-6-5-8-21(9-7-11)14-12-13(18-10-17-12)19-15(20-14)16-4-2/h10-11H,3-9H2,1-2H3,(H2,16,17,18,19,20). The van der Waals surface area contributed by atoms with E-state index in [0.29, 0.717) is 5.95 Å². The van der Waals surface area contributed by atoms with E-state index in [9.17, 15) is 0 Å². The average molecular weight is 288 g/mol. The molecule has 6 heteroatoms. The summed E-state index contributed by atoms with van der Waals surface area (Å²) in [6.07, 6.45) is 6.77. The van der Waals surface area contributed by atoms with Crippen molar-refractivity contribution in [2.24, 2.45) is 5.92 Å². The first-order chi connectivity index (χ1) is 10.3. The molecule has 3 rings (SSSR count). The predicted octanol–water partition coefficient (Wildman–Crippen LogP) is 2.80. The van der Waals surface area contributed by atoms with Crippen molar-refractivity contribution in [3.8, 4) is 0 Å². The Hall–Kier alpha value is -1.85. The largest absolute Gasteiger partial charge is 0.355 e. The van der Waals surface area contributed by atoms with Gasteiger partial charge in [0.05, 0.1) is 6.33 Å². The van der Waals surface area contributed by atoms with Crippen LogP contribution in [0.2, 0.25) is 0 Å². The van der Waals surface area contributed by atoms with Gasteiger partial charge in [-0.05, 0) is 32.1 Å². The first-order valence-corrected chi connectivity index (χ1v) is 8.01. The molecule has 2 aromatic rings. The van der Waals surface area contributed by atoms with Gasteiger partial charge in [0.15, 0.2) is 11.5 Å². The van der Waals surface area contributed by atoms with Gasteiger partial charge in [-0.2, -0.15) is 9.97 Å². The van der Waals surface area contributed by atoms with Crippen molar-refractivity contribution in [3.63, 3.8) is 0 Å². The lowest BCUT2D eigenvalue weighted by atomic mass is 9.98. The summed E-state index contributed by atoms with van der Waals surface area (Å²) in [7, 11) is 0. The third-order valence-corrected chi connectivity index (χ3v) is 4.33. The van der Waals surface area contributed by atoms with Crippen molar-refractivity contribution in [2.45, 2.75) is 39.5 Å². The van der Waals surface area contributed by atoms with E-state index in [4.69, 9.17) is 4.98 Å². The van der Waals surface area contributed by atoms with E-state index in [0.717, 1.165) is 42.5 Å². The van der Waals surface area contributed by atoms with Gasteiger partial charge < -0.3 is 15.2 Å². The van der Waals surface area contributed by atoms with E-state index < -0.39 is 0 Å². The molecule has 0 amide bonds. The highest BCUT2D eigenvalue weighted by Crippen LogP contribution is 2.27. The monoisotopic (exact) mass is 288 g/mol. The molecule has 0 aromatic carbocycles. The van der Waals surface area contributed by atoms with Crippen molar-refractivity contribution in [1.82, 2.24) is 19.9 Å². The normalized spacial score (nSPS) is 19.7. The Bertz CT molecular complexity index is 593. The zero-order chi connectivity index (χ0) is 14.7. The Morgan fingerprint density at radius 1 is 1.29 bits per heavy atom. The second-order valence-electron chi connectivity index (χ2n) is 5.69. The lowest BCUT2D eigenvalue weighted by Crippen LogP contribution is -2.26. The fraction of sp³-hybridized carbons (Fsp3) is 0.667. The zero-order valence-corrected chi connectivity index (χ0v) is 12.9. The summed E-state index contributed by atoms with van der Waals surface area (Å²) in [5, 5.41) is 3.20. The van der Waals surface area contributed by atoms with E-state index in [1.165, 1.54) is 25.7 Å². The molecule has 0 aliphatic carbocycles. The molecule has 3 heterocycles. The van der Waals surface area contributed by atoms with Crippen molar-refractivity contribution in [2.75, 3.05) is 29.9 Å². The summed E-state index contributed by atoms with van der Waals surface area (Å²) >= 11 is 0. The van der Waals surface area contributed by atoms with Crippen LogP contribution >= 0.6 is 0 Å². The minimum atomic E-state index is 0.670. The molecule has 2 aromatic heterocycles. The van der Waals surface area contributed by atoms with Crippen LogP contribution in [0.1, 0.15) is 39.5 Å². The first kappa shape index (κ1) is 14.1. The number of aromatic nitrogens is 4. The van der Waals surface area contributed by atoms with Gasteiger partial charge in [-0.25, -0.2) is 4.98 Å². The molecule has 114 valence electrons. The minimum absolute atomic E-state index is 0.670. The van der Waals surface area contributed by atoms with Crippen LogP contribution in [-0.4, -0.2) is 39.6 Å². The van der Waals surface area contributed by atoms with Gasteiger partial charge in [0.1, 0.15) is 5.52 Å². The second kappa shape index (κ2) is 6.28. The van der Waals surface area contributed by atoms with Crippen LogP contribution < -0.4 is 10.2 Å². The highest BCUT2D eigenvalue weighted by atomic mass is 15.2. The molecule has 0 spiro atoms. The summed E-state index contributed by atoms with van der Waals surface area (Å²) in [6, 6.07) is 0. The number of hydrogen-bond donors (Lipinski definition) is 2. The van der Waals surface area contributed by atoms with E-state index in [1.54, 1.807) is 6.33 Å². The maximum absolute atomic E-state index is 4.71. The van der Waals surface area contributed by atoms with Gasteiger partial charge in [-0.3, -0.25) is 0 Å². The molecule has 1 aliphatic rings. The third-order valence-electron chi connectivity index (χ3n) is 4.33. The molecular formula is C15H24N6. The Labute approximate surface area is 125 Å². The maximum atomic E-state index is 4.71. The molecule has 1 fully saturated rings. The molecule has 1 unspecified atom stereocenters. The number of nitrogens with zero attached hydrogens (tertiary/aromatic N) is 4. The summed E-state index contributed by atoms with van der Waals surface area (Å²) in [5.41, 5.74) is 1.69. The van der Waals surface area contributed by atoms with Gasteiger partial charge in [-0.15, -0.1) is 0 Å². The van der Waals surface area contributed by atoms with Crippen molar-refractivity contribution < 1.29 is 0 Å². The fourth-order valence-electron chi connectivity index (χ4n) is 3.07. The quantitative estimate of drug-likeness (QED) is 0.905. The highest BCUT2D eigenvalue weighted by molar-refractivity contribution is 5.84. The minimum Gasteiger partial charge on any atom is -0.355 e. The Kier molecular flexibility index (Phi) is 4.22. The average Bonchev–Trinajstić information content (AvgIpc) is 2.83. The Balaban J connectivity index is 1.92. The molecule has 1 saturated heterocycles. The fourth-order valence-corrected chi connectivity index (χ4v) is 3.07. The van der Waals surface area contributed by atoms with Crippen molar-refractivity contribution in [1.29, 1.82) is 0 Å². The van der Waals surface area contributed by atoms with Gasteiger partial charge >= 0.3 is 0 Å². The predicted molar refractivity (Wildman–Crippen MR) is 85.7 cm³/mol. The summed E-state index contributed by atoms with van der Waals surface area (Å²) in [5.74, 6) is 2.51. The van der Waals surface area contributed by atoms with Crippen molar-refractivity contribution >= 4 is 22.9 Å². The molecule has 0 saturated carbocycles. The van der Waals surface area contributed by atoms with E-state index in [1.807, 2.05) is 0 Å². The molecule has 1 aliphatic heterocycles. The smallest absolute Gasteiger partial charge is 0.226 e. The maximum Gasteiger partial charge on any atom is 0.226 e. The van der Waals surface area contributed by atoms with Gasteiger partial charge in [-0.1, -0.05) is 13.3 Å². The number of fused-ring (bicyclic) bond motifs is 1. The molecule has 2 N–H and O–H groups in total. The molecular weight excluding hydrogens is 264 g/mol. The topological polar surface area (TPSA) is 69.7 Å². The van der Waals surface area contributed by atoms with Gasteiger partial charge in [0, 0.05) is 19.6 Å². The van der Waals surface area contributed by atoms with E-state index in [2.05, 4.69) is 39.0 Å². The summed E-state index contributed by atoms with van der Waals surface area (Å²) in [4.78, 5) is 19.0. The molecule has 0 radical (unpaired) electrons.